The molecule has 6 nitrogen and oxygen atoms in total. The molecule has 0 saturated carbocycles. The van der Waals surface area contributed by atoms with Gasteiger partial charge in [0.25, 0.3) is 5.91 Å². The summed E-state index contributed by atoms with van der Waals surface area (Å²) >= 11 is 0. The van der Waals surface area contributed by atoms with Gasteiger partial charge in [-0.1, -0.05) is 30.3 Å². The summed E-state index contributed by atoms with van der Waals surface area (Å²) in [6.45, 7) is -0.714. The number of hydrogen-bond donors (Lipinski definition) is 3. The highest BCUT2D eigenvalue weighted by atomic mass is 16.5. The molecule has 2 unspecified atom stereocenters. The Kier molecular flexibility index (Phi) is 5.29. The van der Waals surface area contributed by atoms with E-state index in [0.717, 1.165) is 0 Å². The number of amides is 1. The molecular formula is C12H15NO5. The fraction of sp³-hybridized carbons (Fsp3) is 0.333. The predicted molar refractivity (Wildman–Crippen MR) is 62.4 cm³/mol. The maximum Gasteiger partial charge on any atom is 0.333 e. The largest absolute Gasteiger partial charge is 0.467 e. The molecule has 0 aromatic heterocycles. The number of aliphatic hydroxyl groups excluding tert-OH is 2. The summed E-state index contributed by atoms with van der Waals surface area (Å²) in [5.41, 5.74) is 0.530. The predicted octanol–water partition coefficient (Wildman–Crippen LogP) is -0.630. The van der Waals surface area contributed by atoms with Crippen LogP contribution < -0.4 is 5.32 Å². The zero-order valence-corrected chi connectivity index (χ0v) is 9.87. The molecule has 0 aliphatic carbocycles. The highest BCUT2D eigenvalue weighted by Gasteiger charge is 2.25. The van der Waals surface area contributed by atoms with E-state index >= 15 is 0 Å². The Morgan fingerprint density at radius 2 is 1.94 bits per heavy atom. The number of esters is 1. The molecule has 3 N–H and O–H groups in total. The van der Waals surface area contributed by atoms with E-state index in [1.165, 1.54) is 7.11 Å². The molecule has 18 heavy (non-hydrogen) atoms. The van der Waals surface area contributed by atoms with E-state index in [2.05, 4.69) is 10.1 Å². The molecule has 0 fully saturated rings. The lowest BCUT2D eigenvalue weighted by Crippen LogP contribution is -2.42. The first-order valence-electron chi connectivity index (χ1n) is 5.32. The minimum absolute atomic E-state index is 0.530. The summed E-state index contributed by atoms with van der Waals surface area (Å²) < 4.78 is 4.58. The fourth-order valence-electron chi connectivity index (χ4n) is 1.36. The summed E-state index contributed by atoms with van der Waals surface area (Å²) in [6.07, 6.45) is -1.57. The number of ether oxygens (including phenoxy) is 1. The van der Waals surface area contributed by atoms with Crippen LogP contribution in [0.5, 0.6) is 0 Å². The maximum atomic E-state index is 11.6. The Balaban J connectivity index is 2.87. The molecular weight excluding hydrogens is 238 g/mol. The standard InChI is InChI=1S/C12H15NO5/c1-18-12(17)10(8-5-3-2-4-6-8)13-11(16)9(15)7-14/h2-6,9-10,14-15H,7H2,1H3,(H,13,16). The highest BCUT2D eigenvalue weighted by Crippen LogP contribution is 2.14. The van der Waals surface area contributed by atoms with Crippen LogP contribution in [0.2, 0.25) is 0 Å². The van der Waals surface area contributed by atoms with Gasteiger partial charge in [-0.3, -0.25) is 4.79 Å². The fourth-order valence-corrected chi connectivity index (χ4v) is 1.36. The van der Waals surface area contributed by atoms with E-state index in [1.54, 1.807) is 30.3 Å². The third-order valence-electron chi connectivity index (χ3n) is 2.33. The first-order valence-corrected chi connectivity index (χ1v) is 5.32. The van der Waals surface area contributed by atoms with Gasteiger partial charge in [0.1, 0.15) is 0 Å². The first kappa shape index (κ1) is 14.1. The van der Waals surface area contributed by atoms with E-state index in [-0.39, 0.29) is 0 Å². The molecule has 6 heteroatoms. The van der Waals surface area contributed by atoms with Crippen LogP contribution in [0.15, 0.2) is 30.3 Å². The van der Waals surface area contributed by atoms with Crippen LogP contribution in [0.4, 0.5) is 0 Å². The molecule has 0 spiro atoms. The van der Waals surface area contributed by atoms with Gasteiger partial charge in [-0.25, -0.2) is 4.79 Å². The number of rotatable bonds is 5. The summed E-state index contributed by atoms with van der Waals surface area (Å²) in [5.74, 6) is -1.49. The minimum Gasteiger partial charge on any atom is -0.467 e. The van der Waals surface area contributed by atoms with Crippen molar-refractivity contribution in [3.05, 3.63) is 35.9 Å². The van der Waals surface area contributed by atoms with Gasteiger partial charge < -0.3 is 20.3 Å². The number of aliphatic hydroxyl groups is 2. The van der Waals surface area contributed by atoms with Crippen LogP contribution in [0, 0.1) is 0 Å². The molecule has 0 bridgehead atoms. The smallest absolute Gasteiger partial charge is 0.333 e. The molecule has 1 rings (SSSR count). The third kappa shape index (κ3) is 3.54. The Hall–Kier alpha value is -1.92. The Morgan fingerprint density at radius 1 is 1.33 bits per heavy atom. The summed E-state index contributed by atoms with van der Waals surface area (Å²) in [7, 11) is 1.20. The van der Waals surface area contributed by atoms with Gasteiger partial charge in [-0.05, 0) is 5.56 Å². The van der Waals surface area contributed by atoms with Crippen LogP contribution in [-0.2, 0) is 14.3 Å². The second-order valence-corrected chi connectivity index (χ2v) is 3.57. The Labute approximate surface area is 104 Å². The van der Waals surface area contributed by atoms with Gasteiger partial charge in [0, 0.05) is 0 Å². The summed E-state index contributed by atoms with van der Waals surface area (Å²) in [5, 5.41) is 20.1. The molecule has 2 atom stereocenters. The van der Waals surface area contributed by atoms with Crippen LogP contribution in [0.3, 0.4) is 0 Å². The molecule has 98 valence electrons. The average molecular weight is 253 g/mol. The molecule has 0 radical (unpaired) electrons. The molecule has 0 heterocycles. The van der Waals surface area contributed by atoms with Crippen molar-refractivity contribution in [3.63, 3.8) is 0 Å². The lowest BCUT2D eigenvalue weighted by atomic mass is 10.1. The van der Waals surface area contributed by atoms with Crippen LogP contribution in [0.25, 0.3) is 0 Å². The van der Waals surface area contributed by atoms with Gasteiger partial charge in [0.15, 0.2) is 12.1 Å². The topological polar surface area (TPSA) is 95.9 Å². The summed E-state index contributed by atoms with van der Waals surface area (Å²) in [4.78, 5) is 23.0. The van der Waals surface area contributed by atoms with E-state index < -0.39 is 30.6 Å². The van der Waals surface area contributed by atoms with Crippen LogP contribution in [-0.4, -0.2) is 41.9 Å². The van der Waals surface area contributed by atoms with E-state index in [4.69, 9.17) is 10.2 Å². The van der Waals surface area contributed by atoms with Crippen molar-refractivity contribution in [2.75, 3.05) is 13.7 Å². The quantitative estimate of drug-likeness (QED) is 0.607. The Bertz CT molecular complexity index is 406. The maximum absolute atomic E-state index is 11.6. The number of nitrogens with one attached hydrogen (secondary N) is 1. The number of methoxy groups -OCH3 is 1. The first-order chi connectivity index (χ1) is 8.60. The lowest BCUT2D eigenvalue weighted by Gasteiger charge is -2.18. The van der Waals surface area contributed by atoms with Gasteiger partial charge in [0.2, 0.25) is 0 Å². The second-order valence-electron chi connectivity index (χ2n) is 3.57. The van der Waals surface area contributed by atoms with E-state index in [9.17, 15) is 9.59 Å². The minimum atomic E-state index is -1.57. The Morgan fingerprint density at radius 3 is 2.44 bits per heavy atom. The van der Waals surface area contributed by atoms with Gasteiger partial charge in [0.05, 0.1) is 13.7 Å². The molecule has 0 aliphatic heterocycles. The average Bonchev–Trinajstić information content (AvgIpc) is 2.43. The lowest BCUT2D eigenvalue weighted by molar-refractivity contribution is -0.147. The third-order valence-corrected chi connectivity index (χ3v) is 2.33. The molecule has 0 aliphatic rings. The molecule has 1 aromatic carbocycles. The number of benzene rings is 1. The zero-order valence-electron chi connectivity index (χ0n) is 9.87. The summed E-state index contributed by atoms with van der Waals surface area (Å²) in [6, 6.07) is 7.47. The van der Waals surface area contributed by atoms with Crippen molar-refractivity contribution in [3.8, 4) is 0 Å². The monoisotopic (exact) mass is 253 g/mol. The van der Waals surface area contributed by atoms with Gasteiger partial charge in [-0.15, -0.1) is 0 Å². The van der Waals surface area contributed by atoms with Crippen molar-refractivity contribution < 1.29 is 24.5 Å². The highest BCUT2D eigenvalue weighted by molar-refractivity contribution is 5.87. The van der Waals surface area contributed by atoms with E-state index in [1.807, 2.05) is 0 Å². The van der Waals surface area contributed by atoms with Gasteiger partial charge >= 0.3 is 5.97 Å². The van der Waals surface area contributed by atoms with Crippen molar-refractivity contribution in [2.24, 2.45) is 0 Å². The van der Waals surface area contributed by atoms with E-state index in [0.29, 0.717) is 5.56 Å². The number of hydrogen-bond acceptors (Lipinski definition) is 5. The van der Waals surface area contributed by atoms with Gasteiger partial charge in [-0.2, -0.15) is 0 Å². The normalized spacial score (nSPS) is 13.5. The van der Waals surface area contributed by atoms with Crippen molar-refractivity contribution in [1.29, 1.82) is 0 Å². The second kappa shape index (κ2) is 6.73. The van der Waals surface area contributed by atoms with Crippen LogP contribution >= 0.6 is 0 Å². The SMILES string of the molecule is COC(=O)C(NC(=O)C(O)CO)c1ccccc1. The number of carbonyl (C=O) groups is 2. The van der Waals surface area contributed by atoms with Crippen molar-refractivity contribution in [2.45, 2.75) is 12.1 Å². The molecule has 1 amide bonds. The van der Waals surface area contributed by atoms with Crippen LogP contribution in [0.1, 0.15) is 11.6 Å². The van der Waals surface area contributed by atoms with Crippen molar-refractivity contribution in [1.82, 2.24) is 5.32 Å². The number of carbonyl (C=O) groups excluding carboxylic acids is 2. The zero-order chi connectivity index (χ0) is 13.5. The molecule has 1 aromatic rings. The van der Waals surface area contributed by atoms with Crippen molar-refractivity contribution >= 4 is 11.9 Å². The molecule has 0 saturated heterocycles.